The lowest BCUT2D eigenvalue weighted by atomic mass is 10.2. The fourth-order valence-corrected chi connectivity index (χ4v) is 3.37. The van der Waals surface area contributed by atoms with Crippen molar-refractivity contribution in [1.29, 1.82) is 0 Å². The predicted molar refractivity (Wildman–Crippen MR) is 112 cm³/mol. The highest BCUT2D eigenvalue weighted by Gasteiger charge is 2.15. The van der Waals surface area contributed by atoms with Gasteiger partial charge < -0.3 is 0 Å². The summed E-state index contributed by atoms with van der Waals surface area (Å²) in [6.07, 6.45) is 1.26. The number of nitro benzene ring substituents is 2. The van der Waals surface area contributed by atoms with Crippen molar-refractivity contribution in [1.82, 2.24) is 5.43 Å². The molecule has 0 aliphatic heterocycles. The quantitative estimate of drug-likeness (QED) is 0.341. The molecule has 0 saturated carbocycles. The summed E-state index contributed by atoms with van der Waals surface area (Å²) >= 11 is 1.27. The third-order valence-corrected chi connectivity index (χ3v) is 4.92. The number of carbonyl (C=O) groups excluding carboxylic acids is 1. The molecule has 10 heteroatoms. The fraction of sp³-hybridized carbons (Fsp3) is 0. The Bertz CT molecular complexity index is 1140. The van der Waals surface area contributed by atoms with Gasteiger partial charge in [-0.25, -0.2) is 5.43 Å². The molecule has 3 rings (SSSR count). The van der Waals surface area contributed by atoms with Crippen LogP contribution in [0.4, 0.5) is 11.4 Å². The first kappa shape index (κ1) is 20.7. The van der Waals surface area contributed by atoms with E-state index in [0.717, 1.165) is 11.0 Å². The number of hydrogen-bond donors (Lipinski definition) is 1. The lowest BCUT2D eigenvalue weighted by molar-refractivity contribution is -0.387. The van der Waals surface area contributed by atoms with Crippen LogP contribution in [-0.4, -0.2) is 22.0 Å². The van der Waals surface area contributed by atoms with Gasteiger partial charge in [-0.05, 0) is 24.3 Å². The molecule has 0 atom stereocenters. The Balaban J connectivity index is 1.73. The number of rotatable bonds is 7. The maximum Gasteiger partial charge on any atom is 0.283 e. The van der Waals surface area contributed by atoms with E-state index in [4.69, 9.17) is 0 Å². The molecule has 1 amide bonds. The summed E-state index contributed by atoms with van der Waals surface area (Å²) in [5.74, 6) is -0.638. The van der Waals surface area contributed by atoms with E-state index in [1.165, 1.54) is 42.2 Å². The van der Waals surface area contributed by atoms with Gasteiger partial charge in [0, 0.05) is 34.2 Å². The van der Waals surface area contributed by atoms with Gasteiger partial charge in [0.2, 0.25) is 0 Å². The third kappa shape index (κ3) is 5.26. The zero-order chi connectivity index (χ0) is 21.5. The van der Waals surface area contributed by atoms with Gasteiger partial charge >= 0.3 is 0 Å². The molecule has 0 aliphatic rings. The molecule has 0 aromatic heterocycles. The summed E-state index contributed by atoms with van der Waals surface area (Å²) in [5, 5.41) is 26.0. The molecule has 0 radical (unpaired) electrons. The maximum absolute atomic E-state index is 12.1. The molecule has 1 N–H and O–H groups in total. The van der Waals surface area contributed by atoms with Crippen LogP contribution in [0.15, 0.2) is 87.7 Å². The number of hydrogen-bond acceptors (Lipinski definition) is 7. The van der Waals surface area contributed by atoms with Crippen molar-refractivity contribution >= 4 is 35.3 Å². The lowest BCUT2D eigenvalue weighted by Crippen LogP contribution is -2.17. The average molecular weight is 422 g/mol. The summed E-state index contributed by atoms with van der Waals surface area (Å²) in [7, 11) is 0. The van der Waals surface area contributed by atoms with Crippen LogP contribution in [0.25, 0.3) is 0 Å². The molecule has 0 heterocycles. The first-order valence-electron chi connectivity index (χ1n) is 8.53. The zero-order valence-electron chi connectivity index (χ0n) is 15.3. The standard InChI is InChI=1S/C20H14N4O5S/c25-20(15-5-4-6-16(12-15)23(26)27)22-21-13-14-9-10-19(18(11-14)24(28)29)30-17-7-2-1-3-8-17/h1-13H,(H,22,25)/b21-13+. The molecule has 3 aromatic carbocycles. The Morgan fingerprint density at radius 1 is 0.933 bits per heavy atom. The molecule has 0 saturated heterocycles. The number of non-ortho nitro benzene ring substituents is 1. The summed E-state index contributed by atoms with van der Waals surface area (Å²) in [6, 6.07) is 19.1. The summed E-state index contributed by atoms with van der Waals surface area (Å²) in [6.45, 7) is 0. The van der Waals surface area contributed by atoms with E-state index in [9.17, 15) is 25.0 Å². The SMILES string of the molecule is O=C(N/N=C/c1ccc(Sc2ccccc2)c([N+](=O)[O-])c1)c1cccc([N+](=O)[O-])c1. The first-order chi connectivity index (χ1) is 14.4. The Morgan fingerprint density at radius 2 is 1.70 bits per heavy atom. The number of nitro groups is 2. The smallest absolute Gasteiger partial charge is 0.267 e. The van der Waals surface area contributed by atoms with Crippen molar-refractivity contribution < 1.29 is 14.6 Å². The summed E-state index contributed by atoms with van der Waals surface area (Å²) in [5.41, 5.74) is 2.44. The maximum atomic E-state index is 12.1. The minimum absolute atomic E-state index is 0.0712. The highest BCUT2D eigenvalue weighted by Crippen LogP contribution is 2.34. The Kier molecular flexibility index (Phi) is 6.50. The second-order valence-electron chi connectivity index (χ2n) is 5.91. The van der Waals surface area contributed by atoms with Crippen molar-refractivity contribution in [2.75, 3.05) is 0 Å². The van der Waals surface area contributed by atoms with Gasteiger partial charge in [-0.3, -0.25) is 25.0 Å². The number of nitrogens with zero attached hydrogens (tertiary/aromatic N) is 3. The van der Waals surface area contributed by atoms with E-state index >= 15 is 0 Å². The molecule has 150 valence electrons. The first-order valence-corrected chi connectivity index (χ1v) is 9.35. The Hall–Kier alpha value is -4.05. The minimum Gasteiger partial charge on any atom is -0.267 e. The molecule has 0 fully saturated rings. The van der Waals surface area contributed by atoms with Crippen molar-refractivity contribution in [2.24, 2.45) is 5.10 Å². The van der Waals surface area contributed by atoms with Gasteiger partial charge in [0.25, 0.3) is 17.3 Å². The Morgan fingerprint density at radius 3 is 2.40 bits per heavy atom. The van der Waals surface area contributed by atoms with Crippen LogP contribution in [0.5, 0.6) is 0 Å². The van der Waals surface area contributed by atoms with Gasteiger partial charge in [0.05, 0.1) is 21.0 Å². The average Bonchev–Trinajstić information content (AvgIpc) is 2.75. The van der Waals surface area contributed by atoms with Crippen LogP contribution in [0.3, 0.4) is 0 Å². The van der Waals surface area contributed by atoms with Gasteiger partial charge in [-0.15, -0.1) is 0 Å². The molecular formula is C20H14N4O5S. The van der Waals surface area contributed by atoms with Gasteiger partial charge in [-0.2, -0.15) is 5.10 Å². The van der Waals surface area contributed by atoms with Crippen LogP contribution in [0.2, 0.25) is 0 Å². The molecule has 3 aromatic rings. The number of benzene rings is 3. The molecular weight excluding hydrogens is 408 g/mol. The van der Waals surface area contributed by atoms with Crippen molar-refractivity contribution in [3.63, 3.8) is 0 Å². The minimum atomic E-state index is -0.638. The monoisotopic (exact) mass is 422 g/mol. The molecule has 0 unspecified atom stereocenters. The molecule has 0 bridgehead atoms. The molecule has 0 spiro atoms. The van der Waals surface area contributed by atoms with Crippen molar-refractivity contribution in [2.45, 2.75) is 9.79 Å². The van der Waals surface area contributed by atoms with E-state index in [1.807, 2.05) is 30.3 Å². The molecule has 0 aliphatic carbocycles. The highest BCUT2D eigenvalue weighted by molar-refractivity contribution is 7.99. The largest absolute Gasteiger partial charge is 0.283 e. The third-order valence-electron chi connectivity index (χ3n) is 3.85. The van der Waals surface area contributed by atoms with Gasteiger partial charge in [0.15, 0.2) is 0 Å². The predicted octanol–water partition coefficient (Wildman–Crippen LogP) is 4.42. The number of amides is 1. The van der Waals surface area contributed by atoms with E-state index in [1.54, 1.807) is 12.1 Å². The normalized spacial score (nSPS) is 10.7. The number of nitrogens with one attached hydrogen (secondary N) is 1. The topological polar surface area (TPSA) is 128 Å². The number of hydrazone groups is 1. The van der Waals surface area contributed by atoms with E-state index in [-0.39, 0.29) is 16.9 Å². The van der Waals surface area contributed by atoms with E-state index < -0.39 is 15.8 Å². The summed E-state index contributed by atoms with van der Waals surface area (Å²) in [4.78, 5) is 34.6. The van der Waals surface area contributed by atoms with E-state index in [2.05, 4.69) is 10.5 Å². The molecule has 9 nitrogen and oxygen atoms in total. The van der Waals surface area contributed by atoms with Gasteiger partial charge in [-0.1, -0.05) is 42.1 Å². The van der Waals surface area contributed by atoms with Gasteiger partial charge in [0.1, 0.15) is 0 Å². The summed E-state index contributed by atoms with van der Waals surface area (Å²) < 4.78 is 0. The van der Waals surface area contributed by atoms with Crippen LogP contribution >= 0.6 is 11.8 Å². The second-order valence-corrected chi connectivity index (χ2v) is 7.02. The van der Waals surface area contributed by atoms with Crippen molar-refractivity contribution in [3.8, 4) is 0 Å². The highest BCUT2D eigenvalue weighted by atomic mass is 32.2. The van der Waals surface area contributed by atoms with Crippen LogP contribution in [0, 0.1) is 20.2 Å². The molecule has 30 heavy (non-hydrogen) atoms. The second kappa shape index (κ2) is 9.43. The van der Waals surface area contributed by atoms with Crippen LogP contribution in [0.1, 0.15) is 15.9 Å². The Labute approximate surface area is 174 Å². The fourth-order valence-electron chi connectivity index (χ4n) is 2.45. The van der Waals surface area contributed by atoms with Crippen LogP contribution in [-0.2, 0) is 0 Å². The van der Waals surface area contributed by atoms with Crippen LogP contribution < -0.4 is 5.43 Å². The lowest BCUT2D eigenvalue weighted by Gasteiger charge is -2.04. The number of carbonyl (C=O) groups is 1. The van der Waals surface area contributed by atoms with E-state index in [0.29, 0.717) is 10.5 Å². The zero-order valence-corrected chi connectivity index (χ0v) is 16.1. The van der Waals surface area contributed by atoms with Crippen molar-refractivity contribution in [3.05, 3.63) is 104 Å².